The molecular weight excluding hydrogens is 152 g/mol. The van der Waals surface area contributed by atoms with Crippen LogP contribution in [0.5, 0.6) is 0 Å². The third-order valence-corrected chi connectivity index (χ3v) is 2.92. The first-order valence-electron chi connectivity index (χ1n) is 3.17. The van der Waals surface area contributed by atoms with Gasteiger partial charge in [0.1, 0.15) is 0 Å². The monoisotopic (exact) mass is 166 g/mol. The molecule has 0 aliphatic carbocycles. The second-order valence-corrected chi connectivity index (χ2v) is 5.52. The van der Waals surface area contributed by atoms with Gasteiger partial charge in [-0.25, -0.2) is 0 Å². The summed E-state index contributed by atoms with van der Waals surface area (Å²) in [5.41, 5.74) is -0.215. The zero-order valence-corrected chi connectivity index (χ0v) is 8.09. The van der Waals surface area contributed by atoms with E-state index in [1.165, 1.54) is 0 Å². The van der Waals surface area contributed by atoms with Gasteiger partial charge in [-0.1, -0.05) is 0 Å². The van der Waals surface area contributed by atoms with E-state index < -0.39 is 18.2 Å². The van der Waals surface area contributed by atoms with Crippen LogP contribution in [0.1, 0.15) is 27.7 Å². The van der Waals surface area contributed by atoms with Crippen LogP contribution >= 0.6 is 0 Å². The van der Waals surface area contributed by atoms with E-state index in [0.717, 1.165) is 0 Å². The zero-order valence-electron chi connectivity index (χ0n) is 6.52. The first-order valence-corrected chi connectivity index (χ1v) is 5.55. The number of hydrogen-bond acceptors (Lipinski definition) is 2. The van der Waals surface area contributed by atoms with Crippen molar-refractivity contribution in [2.24, 2.45) is 0 Å². The molecule has 0 radical (unpaired) electrons. The van der Waals surface area contributed by atoms with Gasteiger partial charge in [0, 0.05) is 0 Å². The van der Waals surface area contributed by atoms with Gasteiger partial charge in [-0.2, -0.15) is 0 Å². The molecule has 0 amide bonds. The third-order valence-electron chi connectivity index (χ3n) is 0.709. The van der Waals surface area contributed by atoms with Gasteiger partial charge in [0.2, 0.25) is 0 Å². The summed E-state index contributed by atoms with van der Waals surface area (Å²) >= 11 is -2.30. The standard InChI is InChI=1S/C4H9O.C2H5.O.Ti/c1-4(2,3)5;1-2;;/h1-3H3;1H2,2H3;;/q-1;;;+1. The Morgan fingerprint density at radius 1 is 1.44 bits per heavy atom. The molecule has 0 rings (SSSR count). The Balaban J connectivity index is 3.60. The molecule has 0 bridgehead atoms. The van der Waals surface area contributed by atoms with E-state index in [4.69, 9.17) is 3.32 Å². The molecule has 0 aromatic heterocycles. The molecule has 0 saturated heterocycles. The summed E-state index contributed by atoms with van der Waals surface area (Å²) in [7, 11) is 0. The average Bonchev–Trinajstić information content (AvgIpc) is 1.62. The molecule has 0 heterocycles. The molecule has 0 spiro atoms. The van der Waals surface area contributed by atoms with Crippen molar-refractivity contribution in [1.29, 1.82) is 0 Å². The molecule has 0 aliphatic rings. The van der Waals surface area contributed by atoms with Gasteiger partial charge in [-0.3, -0.25) is 0 Å². The van der Waals surface area contributed by atoms with Crippen LogP contribution in [-0.4, -0.2) is 5.60 Å². The molecule has 0 aromatic rings. The maximum atomic E-state index is 10.9. The molecule has 2 nitrogen and oxygen atoms in total. The summed E-state index contributed by atoms with van der Waals surface area (Å²) in [4.78, 5) is 0. The van der Waals surface area contributed by atoms with Crippen molar-refractivity contribution in [3.05, 3.63) is 0 Å². The van der Waals surface area contributed by atoms with E-state index >= 15 is 0 Å². The summed E-state index contributed by atoms with van der Waals surface area (Å²) in [5, 5.41) is 0. The first-order chi connectivity index (χ1) is 3.95. The van der Waals surface area contributed by atoms with Crippen molar-refractivity contribution in [3.63, 3.8) is 0 Å². The van der Waals surface area contributed by atoms with Crippen molar-refractivity contribution in [2.75, 3.05) is 0 Å². The van der Waals surface area contributed by atoms with Gasteiger partial charge in [0.05, 0.1) is 0 Å². The number of rotatable bonds is 2. The second kappa shape index (κ2) is 3.60. The number of hydrogen-bond donors (Lipinski definition) is 0. The molecular formula is C6H14O2Ti. The van der Waals surface area contributed by atoms with Gasteiger partial charge in [0.15, 0.2) is 0 Å². The van der Waals surface area contributed by atoms with E-state index in [1.807, 2.05) is 27.7 Å². The molecule has 3 heteroatoms. The Bertz CT molecular complexity index is 104. The molecule has 0 aromatic carbocycles. The fourth-order valence-corrected chi connectivity index (χ4v) is 1.71. The predicted molar refractivity (Wildman–Crippen MR) is 32.0 cm³/mol. The average molecular weight is 166 g/mol. The Kier molecular flexibility index (Phi) is 3.79. The van der Waals surface area contributed by atoms with E-state index in [-0.39, 0.29) is 5.60 Å². The fourth-order valence-electron chi connectivity index (χ4n) is 0.414. The Morgan fingerprint density at radius 2 is 1.89 bits per heavy atom. The van der Waals surface area contributed by atoms with Crippen molar-refractivity contribution in [2.45, 2.75) is 38.0 Å². The van der Waals surface area contributed by atoms with Crippen molar-refractivity contribution in [1.82, 2.24) is 0 Å². The van der Waals surface area contributed by atoms with Crippen LogP contribution in [0, 0.1) is 0 Å². The molecule has 0 saturated carbocycles. The SMILES string of the molecule is C[CH2][Ti](=[O])[O]C(C)(C)C. The summed E-state index contributed by atoms with van der Waals surface area (Å²) in [6.45, 7) is 7.67. The Morgan fingerprint density at radius 3 is 2.00 bits per heavy atom. The van der Waals surface area contributed by atoms with Crippen molar-refractivity contribution >= 4 is 0 Å². The Hall–Kier alpha value is 0.474. The molecule has 9 heavy (non-hydrogen) atoms. The van der Waals surface area contributed by atoms with E-state index in [1.54, 1.807) is 0 Å². The topological polar surface area (TPSA) is 26.3 Å². The van der Waals surface area contributed by atoms with Crippen LogP contribution in [0.3, 0.4) is 0 Å². The van der Waals surface area contributed by atoms with Crippen LogP contribution in [0.4, 0.5) is 0 Å². The van der Waals surface area contributed by atoms with Gasteiger partial charge >= 0.3 is 62.9 Å². The Labute approximate surface area is 63.2 Å². The van der Waals surface area contributed by atoms with Crippen LogP contribution in [0.25, 0.3) is 0 Å². The molecule has 0 N–H and O–H groups in total. The van der Waals surface area contributed by atoms with E-state index in [0.29, 0.717) is 4.73 Å². The summed E-state index contributed by atoms with van der Waals surface area (Å²) in [6, 6.07) is 0. The van der Waals surface area contributed by atoms with Crippen LogP contribution in [0.2, 0.25) is 4.73 Å². The van der Waals surface area contributed by atoms with Gasteiger partial charge in [0.25, 0.3) is 0 Å². The van der Waals surface area contributed by atoms with Crippen LogP contribution in [-0.2, 0) is 24.9 Å². The molecule has 0 atom stereocenters. The molecule has 0 unspecified atom stereocenters. The predicted octanol–water partition coefficient (Wildman–Crippen LogP) is 2.12. The maximum absolute atomic E-state index is 10.9. The van der Waals surface area contributed by atoms with Crippen LogP contribution < -0.4 is 0 Å². The summed E-state index contributed by atoms with van der Waals surface area (Å²) in [5.74, 6) is 0. The van der Waals surface area contributed by atoms with Gasteiger partial charge in [-0.15, -0.1) is 0 Å². The normalized spacial score (nSPS) is 11.6. The fraction of sp³-hybridized carbons (Fsp3) is 1.00. The zero-order chi connectivity index (χ0) is 7.49. The molecule has 54 valence electrons. The van der Waals surface area contributed by atoms with Crippen molar-refractivity contribution in [3.8, 4) is 0 Å². The minimum absolute atomic E-state index is 0.215. The third kappa shape index (κ3) is 6.36. The molecule has 0 fully saturated rings. The molecule has 0 aliphatic heterocycles. The van der Waals surface area contributed by atoms with E-state index in [2.05, 4.69) is 0 Å². The quantitative estimate of drug-likeness (QED) is 0.587. The van der Waals surface area contributed by atoms with Gasteiger partial charge < -0.3 is 0 Å². The second-order valence-electron chi connectivity index (χ2n) is 2.94. The van der Waals surface area contributed by atoms with Gasteiger partial charge in [-0.05, 0) is 0 Å². The minimum atomic E-state index is -2.30. The first kappa shape index (κ1) is 9.47. The van der Waals surface area contributed by atoms with Crippen LogP contribution in [0.15, 0.2) is 0 Å². The van der Waals surface area contributed by atoms with E-state index in [9.17, 15) is 3.32 Å². The summed E-state index contributed by atoms with van der Waals surface area (Å²) in [6.07, 6.45) is 0. The summed E-state index contributed by atoms with van der Waals surface area (Å²) < 4.78 is 16.8. The van der Waals surface area contributed by atoms with Crippen molar-refractivity contribution < 1.29 is 24.9 Å².